The molecule has 0 saturated heterocycles. The van der Waals surface area contributed by atoms with E-state index in [-0.39, 0.29) is 6.71 Å². The molecule has 0 fully saturated rings. The molecule has 4 heterocycles. The van der Waals surface area contributed by atoms with E-state index in [4.69, 9.17) is 0 Å². The Labute approximate surface area is 318 Å². The van der Waals surface area contributed by atoms with Crippen LogP contribution in [0.2, 0.25) is 39.3 Å². The van der Waals surface area contributed by atoms with Crippen molar-refractivity contribution in [3.63, 3.8) is 0 Å². The van der Waals surface area contributed by atoms with Crippen LogP contribution in [-0.2, 0) is 0 Å². The molecule has 0 amide bonds. The molecule has 2 aliphatic rings. The summed E-state index contributed by atoms with van der Waals surface area (Å²) in [5, 5.41) is 0. The highest BCUT2D eigenvalue weighted by molar-refractivity contribution is 7.43. The van der Waals surface area contributed by atoms with Crippen molar-refractivity contribution in [3.8, 4) is 0 Å². The summed E-state index contributed by atoms with van der Waals surface area (Å²) >= 11 is 4.14. The van der Waals surface area contributed by atoms with Crippen LogP contribution in [0.25, 0.3) is 0 Å². The van der Waals surface area contributed by atoms with Crippen molar-refractivity contribution in [2.24, 2.45) is 0 Å². The molecule has 0 radical (unpaired) electrons. The summed E-state index contributed by atoms with van der Waals surface area (Å²) in [6, 6.07) is 53.8. The lowest BCUT2D eigenvalue weighted by Gasteiger charge is -2.42. The van der Waals surface area contributed by atoms with Gasteiger partial charge < -0.3 is 14.7 Å². The van der Waals surface area contributed by atoms with Crippen LogP contribution in [0.1, 0.15) is 0 Å². The molecule has 256 valence electrons. The normalized spacial score (nSPS) is 13.5. The first-order valence-electron chi connectivity index (χ1n) is 18.1. The quantitative estimate of drug-likeness (QED) is 0.151. The Kier molecular flexibility index (Phi) is 8.00. The van der Waals surface area contributed by atoms with E-state index in [2.05, 4.69) is 222 Å². The zero-order chi connectivity index (χ0) is 35.8. The van der Waals surface area contributed by atoms with Crippen molar-refractivity contribution >= 4 is 121 Å². The molecular formula is C44H42BN3S2Si2. The molecule has 2 aromatic heterocycles. The predicted molar refractivity (Wildman–Crippen MR) is 237 cm³/mol. The number of hydrogen-bond acceptors (Lipinski definition) is 5. The van der Waals surface area contributed by atoms with Crippen LogP contribution in [-0.4, -0.2) is 22.9 Å². The van der Waals surface area contributed by atoms with E-state index >= 15 is 0 Å². The lowest BCUT2D eigenvalue weighted by molar-refractivity contribution is 1.23. The third-order valence-corrected chi connectivity index (χ3v) is 19.7. The smallest absolute Gasteiger partial charge is 0.276 e. The van der Waals surface area contributed by atoms with Crippen molar-refractivity contribution in [2.45, 2.75) is 39.3 Å². The average Bonchev–Trinajstić information content (AvgIpc) is 3.80. The standard InChI is InChI=1S/C44H42BN3S2Si2/c1-51(2,3)40-29-38-43(49-40)45-42-36(47(38)33-23-15-9-16-24-33)27-35(46(31-19-11-7-12-20-31)32-21-13-8-14-22-32)28-37(42)48(34-25-17-10-18-26-34)39-30-41(50-44(39)45)52(4,5)6/h7-30H,1-6H3. The van der Waals surface area contributed by atoms with E-state index in [0.717, 1.165) is 17.1 Å². The molecule has 0 saturated carbocycles. The van der Waals surface area contributed by atoms with Crippen molar-refractivity contribution in [3.05, 3.63) is 146 Å². The second-order valence-corrected chi connectivity index (χ2v) is 28.9. The molecule has 7 aromatic rings. The Hall–Kier alpha value is -4.60. The second kappa shape index (κ2) is 12.5. The first kappa shape index (κ1) is 33.2. The van der Waals surface area contributed by atoms with Gasteiger partial charge in [-0.25, -0.2) is 0 Å². The fourth-order valence-electron chi connectivity index (χ4n) is 7.65. The average molecular weight is 744 g/mol. The predicted octanol–water partition coefficient (Wildman–Crippen LogP) is 10.5. The van der Waals surface area contributed by atoms with E-state index in [1.807, 2.05) is 0 Å². The Morgan fingerprint density at radius 3 is 1.17 bits per heavy atom. The van der Waals surface area contributed by atoms with Crippen LogP contribution >= 0.6 is 22.7 Å². The summed E-state index contributed by atoms with van der Waals surface area (Å²) in [6.45, 7) is 15.1. The Bertz CT molecular complexity index is 2240. The summed E-state index contributed by atoms with van der Waals surface area (Å²) in [5.41, 5.74) is 12.4. The van der Waals surface area contributed by atoms with Crippen molar-refractivity contribution in [2.75, 3.05) is 14.7 Å². The number of anilines is 9. The topological polar surface area (TPSA) is 9.72 Å². The van der Waals surface area contributed by atoms with Gasteiger partial charge in [-0.05, 0) is 87.3 Å². The van der Waals surface area contributed by atoms with Crippen LogP contribution in [0.3, 0.4) is 0 Å². The molecule has 0 atom stereocenters. The number of para-hydroxylation sites is 4. The molecule has 3 nitrogen and oxygen atoms in total. The maximum atomic E-state index is 2.57. The molecule has 5 aromatic carbocycles. The Balaban J connectivity index is 1.42. The van der Waals surface area contributed by atoms with Crippen molar-refractivity contribution < 1.29 is 0 Å². The SMILES string of the molecule is C[Si](C)(C)c1cc2c(s1)B1c3sc([Si](C)(C)C)cc3N(c3ccccc3)c3cc(N(c4ccccc4)c4ccccc4)cc(c31)N2c1ccccc1. The molecule has 2 aliphatic heterocycles. The van der Waals surface area contributed by atoms with E-state index in [1.54, 1.807) is 9.00 Å². The first-order valence-corrected chi connectivity index (χ1v) is 26.8. The number of nitrogens with zero attached hydrogens (tertiary/aromatic N) is 3. The van der Waals surface area contributed by atoms with E-state index < -0.39 is 16.1 Å². The van der Waals surface area contributed by atoms with Gasteiger partial charge in [0.25, 0.3) is 6.71 Å². The van der Waals surface area contributed by atoms with Gasteiger partial charge in [0, 0.05) is 43.7 Å². The van der Waals surface area contributed by atoms with Gasteiger partial charge in [-0.2, -0.15) is 22.7 Å². The van der Waals surface area contributed by atoms with Gasteiger partial charge in [0.2, 0.25) is 0 Å². The molecule has 0 bridgehead atoms. The number of fused-ring (bicyclic) bond motifs is 4. The van der Waals surface area contributed by atoms with Crippen molar-refractivity contribution in [1.82, 2.24) is 0 Å². The van der Waals surface area contributed by atoms with Gasteiger partial charge in [0.15, 0.2) is 0 Å². The maximum Gasteiger partial charge on any atom is 0.276 e. The van der Waals surface area contributed by atoms with Crippen LogP contribution in [0.5, 0.6) is 0 Å². The fraction of sp³-hybridized carbons (Fsp3) is 0.136. The Morgan fingerprint density at radius 2 is 0.808 bits per heavy atom. The number of hydrogen-bond donors (Lipinski definition) is 0. The van der Waals surface area contributed by atoms with E-state index in [9.17, 15) is 0 Å². The van der Waals surface area contributed by atoms with Crippen LogP contribution < -0.4 is 38.7 Å². The number of rotatable bonds is 7. The third kappa shape index (κ3) is 5.51. The van der Waals surface area contributed by atoms with E-state index in [0.29, 0.717) is 0 Å². The molecule has 0 N–H and O–H groups in total. The molecule has 8 heteroatoms. The minimum Gasteiger partial charge on any atom is -0.311 e. The lowest BCUT2D eigenvalue weighted by atomic mass is 9.39. The summed E-state index contributed by atoms with van der Waals surface area (Å²) in [6.07, 6.45) is 0. The molecule has 52 heavy (non-hydrogen) atoms. The van der Waals surface area contributed by atoms with Gasteiger partial charge in [-0.3, -0.25) is 0 Å². The maximum absolute atomic E-state index is 2.57. The highest BCUT2D eigenvalue weighted by Crippen LogP contribution is 2.48. The monoisotopic (exact) mass is 743 g/mol. The third-order valence-electron chi connectivity index (χ3n) is 10.2. The van der Waals surface area contributed by atoms with Crippen LogP contribution in [0, 0.1) is 0 Å². The van der Waals surface area contributed by atoms with Crippen LogP contribution in [0.4, 0.5) is 51.2 Å². The lowest BCUT2D eigenvalue weighted by Crippen LogP contribution is -2.59. The minimum atomic E-state index is -1.64. The molecule has 0 aliphatic carbocycles. The van der Waals surface area contributed by atoms with Gasteiger partial charge in [-0.15, -0.1) is 0 Å². The Morgan fingerprint density at radius 1 is 0.442 bits per heavy atom. The highest BCUT2D eigenvalue weighted by Gasteiger charge is 2.47. The highest BCUT2D eigenvalue weighted by atomic mass is 32.1. The number of benzene rings is 5. The minimum absolute atomic E-state index is 0.163. The zero-order valence-corrected chi connectivity index (χ0v) is 34.2. The molecular weight excluding hydrogens is 702 g/mol. The van der Waals surface area contributed by atoms with Gasteiger partial charge in [0.1, 0.15) is 0 Å². The summed E-state index contributed by atoms with van der Waals surface area (Å²) in [7, 11) is -3.27. The summed E-state index contributed by atoms with van der Waals surface area (Å²) < 4.78 is 6.06. The van der Waals surface area contributed by atoms with Crippen molar-refractivity contribution in [1.29, 1.82) is 0 Å². The summed E-state index contributed by atoms with van der Waals surface area (Å²) in [4.78, 5) is 7.57. The van der Waals surface area contributed by atoms with Crippen LogP contribution in [0.15, 0.2) is 146 Å². The van der Waals surface area contributed by atoms with Gasteiger partial charge in [-0.1, -0.05) is 112 Å². The largest absolute Gasteiger partial charge is 0.311 e. The molecule has 9 rings (SSSR count). The first-order chi connectivity index (χ1) is 25.1. The fourth-order valence-corrected chi connectivity index (χ4v) is 14.0. The number of thiophene rings is 2. The van der Waals surface area contributed by atoms with Gasteiger partial charge in [0.05, 0.1) is 33.2 Å². The van der Waals surface area contributed by atoms with E-state index in [1.165, 1.54) is 49.1 Å². The summed E-state index contributed by atoms with van der Waals surface area (Å²) in [5.74, 6) is 0. The zero-order valence-electron chi connectivity index (χ0n) is 30.6. The molecule has 0 spiro atoms. The second-order valence-electron chi connectivity index (χ2n) is 15.9. The van der Waals surface area contributed by atoms with Gasteiger partial charge >= 0.3 is 0 Å². The molecule has 0 unspecified atom stereocenters.